The topological polar surface area (TPSA) is 74.5 Å². The van der Waals surface area contributed by atoms with Gasteiger partial charge in [0.25, 0.3) is 0 Å². The van der Waals surface area contributed by atoms with E-state index in [9.17, 15) is 4.79 Å². The van der Waals surface area contributed by atoms with E-state index >= 15 is 0 Å². The third-order valence-electron chi connectivity index (χ3n) is 2.43. The van der Waals surface area contributed by atoms with Crippen LogP contribution >= 0.6 is 0 Å². The second kappa shape index (κ2) is 6.51. The Bertz CT molecular complexity index is 602. The summed E-state index contributed by atoms with van der Waals surface area (Å²) in [5.41, 5.74) is 0.952. The van der Waals surface area contributed by atoms with Crippen LogP contribution in [0.4, 0.5) is 0 Å². The molecule has 6 heteroatoms. The first kappa shape index (κ1) is 13.8. The van der Waals surface area contributed by atoms with Gasteiger partial charge in [-0.2, -0.15) is 4.98 Å². The lowest BCUT2D eigenvalue weighted by Gasteiger charge is -1.98. The number of carbonyl (C=O) groups excluding carboxylic acids is 1. The Morgan fingerprint density at radius 1 is 1.30 bits per heavy atom. The van der Waals surface area contributed by atoms with Gasteiger partial charge in [0.15, 0.2) is 5.82 Å². The molecule has 0 saturated carbocycles. The van der Waals surface area contributed by atoms with Gasteiger partial charge in [-0.1, -0.05) is 23.4 Å². The van der Waals surface area contributed by atoms with Gasteiger partial charge < -0.3 is 14.0 Å². The quantitative estimate of drug-likeness (QED) is 0.779. The summed E-state index contributed by atoms with van der Waals surface area (Å²) in [6.07, 6.45) is 3.45. The third-order valence-corrected chi connectivity index (χ3v) is 2.43. The molecule has 2 rings (SSSR count). The van der Waals surface area contributed by atoms with Crippen LogP contribution in [-0.4, -0.2) is 29.8 Å². The van der Waals surface area contributed by atoms with Crippen LogP contribution in [0.5, 0.6) is 5.75 Å². The van der Waals surface area contributed by atoms with Gasteiger partial charge >= 0.3 is 11.9 Å². The zero-order valence-corrected chi connectivity index (χ0v) is 11.2. The first-order valence-electron chi connectivity index (χ1n) is 6.06. The number of aromatic nitrogens is 2. The molecule has 1 aromatic carbocycles. The lowest BCUT2D eigenvalue weighted by atomic mass is 10.2. The van der Waals surface area contributed by atoms with Crippen molar-refractivity contribution in [2.45, 2.75) is 6.92 Å². The number of ether oxygens (including phenoxy) is 2. The van der Waals surface area contributed by atoms with Gasteiger partial charge in [0.1, 0.15) is 5.75 Å². The Balaban J connectivity index is 2.05. The Morgan fingerprint density at radius 3 is 2.70 bits per heavy atom. The van der Waals surface area contributed by atoms with Crippen molar-refractivity contribution < 1.29 is 18.8 Å². The van der Waals surface area contributed by atoms with Crippen molar-refractivity contribution >= 4 is 18.1 Å². The summed E-state index contributed by atoms with van der Waals surface area (Å²) in [6.45, 7) is 1.97. The first-order valence-corrected chi connectivity index (χ1v) is 6.06. The molecule has 20 heavy (non-hydrogen) atoms. The van der Waals surface area contributed by atoms with Crippen molar-refractivity contribution in [1.29, 1.82) is 0 Å². The van der Waals surface area contributed by atoms with Crippen LogP contribution in [0.3, 0.4) is 0 Å². The standard InChI is InChI=1S/C14H14N2O4/c1-3-19-14(17)13-15-12(16-20-13)9-6-10-4-7-11(18-2)8-5-10/h4-9H,3H2,1-2H3. The second-order valence-electron chi connectivity index (χ2n) is 3.78. The molecule has 1 aromatic heterocycles. The summed E-state index contributed by atoms with van der Waals surface area (Å²) in [4.78, 5) is 15.3. The van der Waals surface area contributed by atoms with Crippen LogP contribution in [0.15, 0.2) is 28.8 Å². The molecule has 2 aromatic rings. The predicted octanol–water partition coefficient (Wildman–Crippen LogP) is 2.43. The normalized spacial score (nSPS) is 10.7. The Hall–Kier alpha value is -2.63. The van der Waals surface area contributed by atoms with Crippen molar-refractivity contribution in [1.82, 2.24) is 10.1 Å². The van der Waals surface area contributed by atoms with E-state index in [2.05, 4.69) is 10.1 Å². The van der Waals surface area contributed by atoms with Crippen LogP contribution in [-0.2, 0) is 4.74 Å². The molecule has 0 bridgehead atoms. The van der Waals surface area contributed by atoms with Gasteiger partial charge in [-0.3, -0.25) is 0 Å². The molecule has 0 amide bonds. The third kappa shape index (κ3) is 3.44. The second-order valence-corrected chi connectivity index (χ2v) is 3.78. The largest absolute Gasteiger partial charge is 0.497 e. The molecule has 0 N–H and O–H groups in total. The van der Waals surface area contributed by atoms with Crippen molar-refractivity contribution in [2.24, 2.45) is 0 Å². The van der Waals surface area contributed by atoms with Crippen LogP contribution in [0.25, 0.3) is 12.2 Å². The molecular weight excluding hydrogens is 260 g/mol. The maximum atomic E-state index is 11.3. The highest BCUT2D eigenvalue weighted by Crippen LogP contribution is 2.13. The maximum Gasteiger partial charge on any atom is 0.397 e. The number of esters is 1. The van der Waals surface area contributed by atoms with Crippen molar-refractivity contribution in [3.05, 3.63) is 41.5 Å². The molecule has 0 fully saturated rings. The van der Waals surface area contributed by atoms with E-state index in [1.54, 1.807) is 26.2 Å². The number of hydrogen-bond donors (Lipinski definition) is 0. The average Bonchev–Trinajstić information content (AvgIpc) is 2.95. The molecule has 0 aliphatic heterocycles. The number of hydrogen-bond acceptors (Lipinski definition) is 6. The van der Waals surface area contributed by atoms with Gasteiger partial charge in [0, 0.05) is 0 Å². The number of carbonyl (C=O) groups is 1. The van der Waals surface area contributed by atoms with E-state index < -0.39 is 5.97 Å². The van der Waals surface area contributed by atoms with Crippen LogP contribution < -0.4 is 4.74 Å². The van der Waals surface area contributed by atoms with Crippen molar-refractivity contribution in [3.8, 4) is 5.75 Å². The summed E-state index contributed by atoms with van der Waals surface area (Å²) in [5, 5.41) is 3.67. The minimum atomic E-state index is -0.621. The molecule has 1 heterocycles. The van der Waals surface area contributed by atoms with E-state index in [0.717, 1.165) is 11.3 Å². The van der Waals surface area contributed by atoms with Crippen LogP contribution in [0, 0.1) is 0 Å². The van der Waals surface area contributed by atoms with E-state index in [-0.39, 0.29) is 12.5 Å². The van der Waals surface area contributed by atoms with Gasteiger partial charge in [0.2, 0.25) is 0 Å². The van der Waals surface area contributed by atoms with Crippen molar-refractivity contribution in [3.63, 3.8) is 0 Å². The fourth-order valence-corrected chi connectivity index (χ4v) is 1.46. The van der Waals surface area contributed by atoms with Crippen LogP contribution in [0.1, 0.15) is 29.0 Å². The Kier molecular flexibility index (Phi) is 4.49. The van der Waals surface area contributed by atoms with Gasteiger partial charge in [-0.05, 0) is 30.7 Å². The minimum absolute atomic E-state index is 0.152. The maximum absolute atomic E-state index is 11.3. The fraction of sp³-hybridized carbons (Fsp3) is 0.214. The molecule has 0 aliphatic rings. The van der Waals surface area contributed by atoms with E-state index in [1.165, 1.54) is 0 Å². The Labute approximate surface area is 116 Å². The zero-order chi connectivity index (χ0) is 14.4. The summed E-state index contributed by atoms with van der Waals surface area (Å²) in [6, 6.07) is 7.48. The number of nitrogens with zero attached hydrogens (tertiary/aromatic N) is 2. The van der Waals surface area contributed by atoms with E-state index in [4.69, 9.17) is 14.0 Å². The van der Waals surface area contributed by atoms with Gasteiger partial charge in [-0.25, -0.2) is 4.79 Å². The van der Waals surface area contributed by atoms with Crippen molar-refractivity contribution in [2.75, 3.05) is 13.7 Å². The molecule has 0 saturated heterocycles. The summed E-state index contributed by atoms with van der Waals surface area (Å²) < 4.78 is 14.6. The number of rotatable bonds is 5. The van der Waals surface area contributed by atoms with Crippen LogP contribution in [0.2, 0.25) is 0 Å². The minimum Gasteiger partial charge on any atom is -0.497 e. The molecule has 104 valence electrons. The number of methoxy groups -OCH3 is 1. The predicted molar refractivity (Wildman–Crippen MR) is 72.2 cm³/mol. The highest BCUT2D eigenvalue weighted by molar-refractivity contribution is 5.84. The molecule has 6 nitrogen and oxygen atoms in total. The SMILES string of the molecule is CCOC(=O)c1nc(C=Cc2ccc(OC)cc2)no1. The fourth-order valence-electron chi connectivity index (χ4n) is 1.46. The lowest BCUT2D eigenvalue weighted by molar-refractivity contribution is 0.0470. The van der Waals surface area contributed by atoms with E-state index in [0.29, 0.717) is 5.82 Å². The summed E-state index contributed by atoms with van der Waals surface area (Å²) in [5.74, 6) is 0.320. The molecule has 0 aliphatic carbocycles. The zero-order valence-electron chi connectivity index (χ0n) is 11.2. The molecular formula is C14H14N2O4. The monoisotopic (exact) mass is 274 g/mol. The smallest absolute Gasteiger partial charge is 0.397 e. The van der Waals surface area contributed by atoms with E-state index in [1.807, 2.05) is 24.3 Å². The average molecular weight is 274 g/mol. The molecule has 0 radical (unpaired) electrons. The number of benzene rings is 1. The molecule has 0 atom stereocenters. The Morgan fingerprint density at radius 2 is 2.05 bits per heavy atom. The molecule has 0 spiro atoms. The highest BCUT2D eigenvalue weighted by atomic mass is 16.6. The lowest BCUT2D eigenvalue weighted by Crippen LogP contribution is -2.04. The van der Waals surface area contributed by atoms with Gasteiger partial charge in [0.05, 0.1) is 13.7 Å². The summed E-state index contributed by atoms with van der Waals surface area (Å²) in [7, 11) is 1.61. The highest BCUT2D eigenvalue weighted by Gasteiger charge is 2.14. The first-order chi connectivity index (χ1) is 9.72. The summed E-state index contributed by atoms with van der Waals surface area (Å²) >= 11 is 0. The van der Waals surface area contributed by atoms with Gasteiger partial charge in [-0.15, -0.1) is 0 Å². The molecule has 0 unspecified atom stereocenters.